The summed E-state index contributed by atoms with van der Waals surface area (Å²) >= 11 is 0. The van der Waals surface area contributed by atoms with Gasteiger partial charge in [-0.1, -0.05) is 36.4 Å². The minimum absolute atomic E-state index is 0.0272. The van der Waals surface area contributed by atoms with Crippen LogP contribution in [0, 0.1) is 0 Å². The van der Waals surface area contributed by atoms with E-state index in [4.69, 9.17) is 0 Å². The molecule has 4 amide bonds. The van der Waals surface area contributed by atoms with Gasteiger partial charge in [0.2, 0.25) is 0 Å². The minimum atomic E-state index is -0.650. The maximum atomic E-state index is 12.7. The number of rotatable bonds is 1. The molecule has 2 heterocycles. The quantitative estimate of drug-likeness (QED) is 0.743. The van der Waals surface area contributed by atoms with E-state index in [0.717, 1.165) is 0 Å². The highest BCUT2D eigenvalue weighted by molar-refractivity contribution is 6.17. The molecule has 0 radical (unpaired) electrons. The molecular weight excluding hydrogens is 308 g/mol. The second-order valence-corrected chi connectivity index (χ2v) is 5.69. The largest absolute Gasteiger partial charge is 0.280 e. The van der Waals surface area contributed by atoms with Crippen molar-refractivity contribution in [2.45, 2.75) is 12.8 Å². The second-order valence-electron chi connectivity index (χ2n) is 5.69. The third kappa shape index (κ3) is 1.96. The van der Waals surface area contributed by atoms with Gasteiger partial charge in [0.1, 0.15) is 0 Å². The number of benzene rings is 2. The molecular formula is C18H12N2O4. The Hall–Kier alpha value is -3.28. The Morgan fingerprint density at radius 2 is 0.958 bits per heavy atom. The van der Waals surface area contributed by atoms with Crippen molar-refractivity contribution < 1.29 is 19.2 Å². The van der Waals surface area contributed by atoms with Gasteiger partial charge < -0.3 is 0 Å². The number of amides is 4. The monoisotopic (exact) mass is 320 g/mol. The van der Waals surface area contributed by atoms with Crippen LogP contribution >= 0.6 is 0 Å². The van der Waals surface area contributed by atoms with Gasteiger partial charge in [-0.3, -0.25) is 19.2 Å². The zero-order chi connectivity index (χ0) is 16.8. The highest BCUT2D eigenvalue weighted by atomic mass is 16.2. The van der Waals surface area contributed by atoms with Gasteiger partial charge in [0, 0.05) is 11.1 Å². The van der Waals surface area contributed by atoms with Crippen LogP contribution in [0.25, 0.3) is 0 Å². The van der Waals surface area contributed by atoms with Crippen molar-refractivity contribution in [3.8, 4) is 0 Å². The Kier molecular flexibility index (Phi) is 3.06. The summed E-state index contributed by atoms with van der Waals surface area (Å²) in [6, 6.07) is 13.4. The molecule has 0 aromatic heterocycles. The standard InChI is InChI=1S/C18H12N2O4/c21-15-9-11-5-1-3-7-13(11)17(23)19(15)20-16(22)10-12-6-2-4-8-14(12)18(20)24/h1-8H,9-10H2. The maximum Gasteiger partial charge on any atom is 0.280 e. The lowest BCUT2D eigenvalue weighted by molar-refractivity contribution is -0.152. The molecule has 24 heavy (non-hydrogen) atoms. The van der Waals surface area contributed by atoms with Crippen LogP contribution in [0.2, 0.25) is 0 Å². The number of nitrogens with zero attached hydrogens (tertiary/aromatic N) is 2. The Morgan fingerprint density at radius 3 is 1.38 bits per heavy atom. The van der Waals surface area contributed by atoms with Crippen LogP contribution in [0.15, 0.2) is 48.5 Å². The molecule has 0 bridgehead atoms. The van der Waals surface area contributed by atoms with E-state index < -0.39 is 23.6 Å². The van der Waals surface area contributed by atoms with Crippen LogP contribution in [0.5, 0.6) is 0 Å². The summed E-state index contributed by atoms with van der Waals surface area (Å²) < 4.78 is 0. The lowest BCUT2D eigenvalue weighted by Gasteiger charge is -2.36. The highest BCUT2D eigenvalue weighted by Gasteiger charge is 2.43. The number of carbonyl (C=O) groups excluding carboxylic acids is 4. The van der Waals surface area contributed by atoms with Crippen LogP contribution in [0.1, 0.15) is 31.8 Å². The zero-order valence-corrected chi connectivity index (χ0v) is 12.6. The average Bonchev–Trinajstić information content (AvgIpc) is 2.57. The smallest absolute Gasteiger partial charge is 0.272 e. The van der Waals surface area contributed by atoms with E-state index in [-0.39, 0.29) is 12.8 Å². The molecule has 0 fully saturated rings. The number of hydrogen-bond donors (Lipinski definition) is 0. The van der Waals surface area contributed by atoms with Gasteiger partial charge in [-0.05, 0) is 23.3 Å². The summed E-state index contributed by atoms with van der Waals surface area (Å²) in [6.45, 7) is 0. The van der Waals surface area contributed by atoms with E-state index >= 15 is 0 Å². The normalized spacial score (nSPS) is 17.0. The van der Waals surface area contributed by atoms with Crippen molar-refractivity contribution in [1.29, 1.82) is 0 Å². The lowest BCUT2D eigenvalue weighted by atomic mass is 9.97. The molecule has 2 aromatic carbocycles. The summed E-state index contributed by atoms with van der Waals surface area (Å²) in [6.07, 6.45) is -0.0543. The van der Waals surface area contributed by atoms with Gasteiger partial charge in [0.15, 0.2) is 0 Å². The summed E-state index contributed by atoms with van der Waals surface area (Å²) in [5.41, 5.74) is 1.86. The van der Waals surface area contributed by atoms with E-state index in [1.165, 1.54) is 0 Å². The van der Waals surface area contributed by atoms with Crippen molar-refractivity contribution >= 4 is 23.6 Å². The van der Waals surface area contributed by atoms with Crippen LogP contribution in [-0.2, 0) is 22.4 Å². The Morgan fingerprint density at radius 1 is 0.583 bits per heavy atom. The first-order valence-corrected chi connectivity index (χ1v) is 7.48. The third-order valence-electron chi connectivity index (χ3n) is 4.24. The first kappa shape index (κ1) is 14.3. The van der Waals surface area contributed by atoms with Crippen molar-refractivity contribution in [3.63, 3.8) is 0 Å². The van der Waals surface area contributed by atoms with E-state index in [1.807, 2.05) is 0 Å². The Balaban J connectivity index is 1.79. The van der Waals surface area contributed by atoms with Crippen LogP contribution in [-0.4, -0.2) is 33.6 Å². The molecule has 0 saturated heterocycles. The third-order valence-corrected chi connectivity index (χ3v) is 4.24. The molecule has 2 aromatic rings. The molecule has 6 heteroatoms. The summed E-state index contributed by atoms with van der Waals surface area (Å²) in [5, 5.41) is 1.37. The Labute approximate surface area is 137 Å². The predicted molar refractivity (Wildman–Crippen MR) is 82.6 cm³/mol. The maximum absolute atomic E-state index is 12.7. The fourth-order valence-corrected chi connectivity index (χ4v) is 3.10. The van der Waals surface area contributed by atoms with Crippen molar-refractivity contribution in [2.24, 2.45) is 0 Å². The van der Waals surface area contributed by atoms with Crippen LogP contribution in [0.3, 0.4) is 0 Å². The van der Waals surface area contributed by atoms with Gasteiger partial charge in [-0.15, -0.1) is 0 Å². The molecule has 4 rings (SSSR count). The predicted octanol–water partition coefficient (Wildman–Crippen LogP) is 1.35. The van der Waals surface area contributed by atoms with Crippen LogP contribution in [0.4, 0.5) is 0 Å². The van der Waals surface area contributed by atoms with Gasteiger partial charge in [-0.25, -0.2) is 0 Å². The van der Waals surface area contributed by atoms with Crippen molar-refractivity contribution in [3.05, 3.63) is 70.8 Å². The number of imide groups is 2. The van der Waals surface area contributed by atoms with E-state index in [1.54, 1.807) is 48.5 Å². The Bertz CT molecular complexity index is 843. The zero-order valence-electron chi connectivity index (χ0n) is 12.6. The van der Waals surface area contributed by atoms with Crippen molar-refractivity contribution in [1.82, 2.24) is 10.0 Å². The fourth-order valence-electron chi connectivity index (χ4n) is 3.10. The fraction of sp³-hybridized carbons (Fsp3) is 0.111. The molecule has 0 unspecified atom stereocenters. The van der Waals surface area contributed by atoms with E-state index in [0.29, 0.717) is 32.3 Å². The van der Waals surface area contributed by atoms with Gasteiger partial charge in [-0.2, -0.15) is 10.0 Å². The summed E-state index contributed by atoms with van der Waals surface area (Å²) in [7, 11) is 0. The first-order chi connectivity index (χ1) is 11.6. The molecule has 0 aliphatic carbocycles. The van der Waals surface area contributed by atoms with Crippen LogP contribution < -0.4 is 0 Å². The lowest BCUT2D eigenvalue weighted by Crippen LogP contribution is -2.59. The number of hydrogen-bond acceptors (Lipinski definition) is 4. The van der Waals surface area contributed by atoms with Gasteiger partial charge in [0.25, 0.3) is 23.6 Å². The van der Waals surface area contributed by atoms with Crippen molar-refractivity contribution in [2.75, 3.05) is 0 Å². The minimum Gasteiger partial charge on any atom is -0.272 e. The number of hydrazine groups is 1. The average molecular weight is 320 g/mol. The second kappa shape index (κ2) is 5.13. The number of fused-ring (bicyclic) bond motifs is 2. The van der Waals surface area contributed by atoms with E-state index in [2.05, 4.69) is 0 Å². The molecule has 0 N–H and O–H groups in total. The summed E-state index contributed by atoms with van der Waals surface area (Å²) in [5.74, 6) is -2.47. The molecule has 2 aliphatic rings. The molecule has 0 saturated carbocycles. The molecule has 6 nitrogen and oxygen atoms in total. The van der Waals surface area contributed by atoms with E-state index in [9.17, 15) is 19.2 Å². The van der Waals surface area contributed by atoms with Gasteiger partial charge >= 0.3 is 0 Å². The first-order valence-electron chi connectivity index (χ1n) is 7.48. The highest BCUT2D eigenvalue weighted by Crippen LogP contribution is 2.26. The summed E-state index contributed by atoms with van der Waals surface area (Å²) in [4.78, 5) is 50.2. The van der Waals surface area contributed by atoms with Gasteiger partial charge in [0.05, 0.1) is 12.8 Å². The topological polar surface area (TPSA) is 74.8 Å². The molecule has 0 atom stereocenters. The molecule has 0 spiro atoms. The molecule has 118 valence electrons. The SMILES string of the molecule is O=C1Cc2ccccc2C(=O)N1N1C(=O)Cc2ccccc2C1=O. The molecule has 2 aliphatic heterocycles. The number of carbonyl (C=O) groups is 4.